The second-order valence-corrected chi connectivity index (χ2v) is 4.04. The zero-order chi connectivity index (χ0) is 12.1. The first kappa shape index (κ1) is 11.8. The molecule has 0 amide bonds. The Kier molecular flexibility index (Phi) is 3.89. The number of benzene rings is 1. The van der Waals surface area contributed by atoms with Gasteiger partial charge in [-0.1, -0.05) is 37.3 Å². The highest BCUT2D eigenvalue weighted by Gasteiger charge is 2.05. The maximum atomic E-state index is 9.05. The first-order valence-corrected chi connectivity index (χ1v) is 5.99. The second kappa shape index (κ2) is 5.60. The highest BCUT2D eigenvalue weighted by atomic mass is 16.2. The standard InChI is InChI=1S/C15H17NO/c1-2-12-5-7-14(8-6-12)15-13(9-11-17)4-3-10-16-15/h3-8,10,17H,2,9,11H2,1H3. The molecule has 0 saturated carbocycles. The van der Waals surface area contributed by atoms with Crippen LogP contribution in [0, 0.1) is 0 Å². The van der Waals surface area contributed by atoms with Gasteiger partial charge in [-0.15, -0.1) is 0 Å². The summed E-state index contributed by atoms with van der Waals surface area (Å²) in [6, 6.07) is 12.4. The number of rotatable bonds is 4. The van der Waals surface area contributed by atoms with Crippen molar-refractivity contribution >= 4 is 0 Å². The largest absolute Gasteiger partial charge is 0.396 e. The summed E-state index contributed by atoms with van der Waals surface area (Å²) in [7, 11) is 0. The molecule has 2 nitrogen and oxygen atoms in total. The van der Waals surface area contributed by atoms with E-state index < -0.39 is 0 Å². The maximum absolute atomic E-state index is 9.05. The molecule has 0 spiro atoms. The Hall–Kier alpha value is -1.67. The van der Waals surface area contributed by atoms with Crippen molar-refractivity contribution in [2.75, 3.05) is 6.61 Å². The molecule has 1 aromatic heterocycles. The van der Waals surface area contributed by atoms with E-state index >= 15 is 0 Å². The summed E-state index contributed by atoms with van der Waals surface area (Å²) in [4.78, 5) is 4.41. The molecule has 17 heavy (non-hydrogen) atoms. The predicted octanol–water partition coefficient (Wildman–Crippen LogP) is 2.85. The topological polar surface area (TPSA) is 33.1 Å². The average Bonchev–Trinajstić information content (AvgIpc) is 2.40. The summed E-state index contributed by atoms with van der Waals surface area (Å²) in [5.41, 5.74) is 4.52. The summed E-state index contributed by atoms with van der Waals surface area (Å²) in [6.07, 6.45) is 3.49. The van der Waals surface area contributed by atoms with Crippen LogP contribution in [0.15, 0.2) is 42.6 Å². The molecule has 0 aliphatic rings. The van der Waals surface area contributed by atoms with Crippen LogP contribution >= 0.6 is 0 Å². The third-order valence-electron chi connectivity index (χ3n) is 2.91. The molecule has 0 atom stereocenters. The lowest BCUT2D eigenvalue weighted by atomic mass is 10.0. The third-order valence-corrected chi connectivity index (χ3v) is 2.91. The molecule has 1 heterocycles. The molecular formula is C15H17NO. The lowest BCUT2D eigenvalue weighted by Crippen LogP contribution is -1.96. The fraction of sp³-hybridized carbons (Fsp3) is 0.267. The monoisotopic (exact) mass is 227 g/mol. The van der Waals surface area contributed by atoms with Crippen molar-refractivity contribution < 1.29 is 5.11 Å². The van der Waals surface area contributed by atoms with Crippen molar-refractivity contribution in [1.82, 2.24) is 4.98 Å². The van der Waals surface area contributed by atoms with E-state index in [4.69, 9.17) is 5.11 Å². The summed E-state index contributed by atoms with van der Waals surface area (Å²) >= 11 is 0. The smallest absolute Gasteiger partial charge is 0.0734 e. The summed E-state index contributed by atoms with van der Waals surface area (Å²) in [5, 5.41) is 9.05. The molecule has 0 unspecified atom stereocenters. The van der Waals surface area contributed by atoms with Crippen LogP contribution in [0.1, 0.15) is 18.1 Å². The van der Waals surface area contributed by atoms with Gasteiger partial charge >= 0.3 is 0 Å². The van der Waals surface area contributed by atoms with Crippen molar-refractivity contribution in [1.29, 1.82) is 0 Å². The number of nitrogens with zero attached hydrogens (tertiary/aromatic N) is 1. The van der Waals surface area contributed by atoms with Gasteiger partial charge in [-0.3, -0.25) is 4.98 Å². The highest BCUT2D eigenvalue weighted by Crippen LogP contribution is 2.22. The Balaban J connectivity index is 2.37. The van der Waals surface area contributed by atoms with Crippen molar-refractivity contribution in [2.24, 2.45) is 0 Å². The van der Waals surface area contributed by atoms with Crippen LogP contribution in [0.25, 0.3) is 11.3 Å². The minimum Gasteiger partial charge on any atom is -0.396 e. The minimum absolute atomic E-state index is 0.158. The summed E-state index contributed by atoms with van der Waals surface area (Å²) in [5.74, 6) is 0. The van der Waals surface area contributed by atoms with Gasteiger partial charge in [-0.05, 0) is 30.0 Å². The van der Waals surface area contributed by atoms with Gasteiger partial charge in [0.2, 0.25) is 0 Å². The van der Waals surface area contributed by atoms with Gasteiger partial charge < -0.3 is 5.11 Å². The van der Waals surface area contributed by atoms with E-state index in [2.05, 4.69) is 36.2 Å². The van der Waals surface area contributed by atoms with Gasteiger partial charge in [0.25, 0.3) is 0 Å². The number of pyridine rings is 1. The molecule has 1 N–H and O–H groups in total. The minimum atomic E-state index is 0.158. The van der Waals surface area contributed by atoms with E-state index in [9.17, 15) is 0 Å². The summed E-state index contributed by atoms with van der Waals surface area (Å²) < 4.78 is 0. The van der Waals surface area contributed by atoms with Crippen molar-refractivity contribution in [3.05, 3.63) is 53.7 Å². The summed E-state index contributed by atoms with van der Waals surface area (Å²) in [6.45, 7) is 2.30. The number of aliphatic hydroxyl groups excluding tert-OH is 1. The number of aromatic nitrogens is 1. The highest BCUT2D eigenvalue weighted by molar-refractivity contribution is 5.63. The lowest BCUT2D eigenvalue weighted by Gasteiger charge is -2.07. The molecule has 0 radical (unpaired) electrons. The molecule has 2 heteroatoms. The van der Waals surface area contributed by atoms with E-state index in [-0.39, 0.29) is 6.61 Å². The van der Waals surface area contributed by atoms with Crippen LogP contribution < -0.4 is 0 Å². The fourth-order valence-electron chi connectivity index (χ4n) is 1.92. The van der Waals surface area contributed by atoms with Crippen molar-refractivity contribution in [3.8, 4) is 11.3 Å². The SMILES string of the molecule is CCc1ccc(-c2ncccc2CCO)cc1. The first-order chi connectivity index (χ1) is 8.35. The number of aryl methyl sites for hydroxylation is 1. The Morgan fingerprint density at radius 3 is 2.53 bits per heavy atom. The van der Waals surface area contributed by atoms with Gasteiger partial charge in [0.1, 0.15) is 0 Å². The predicted molar refractivity (Wildman–Crippen MR) is 69.8 cm³/mol. The molecule has 0 bridgehead atoms. The number of hydrogen-bond acceptors (Lipinski definition) is 2. The molecule has 1 aromatic carbocycles. The fourth-order valence-corrected chi connectivity index (χ4v) is 1.92. The third kappa shape index (κ3) is 2.71. The van der Waals surface area contributed by atoms with E-state index in [1.165, 1.54) is 5.56 Å². The quantitative estimate of drug-likeness (QED) is 0.871. The average molecular weight is 227 g/mol. The van der Waals surface area contributed by atoms with Crippen LogP contribution in [-0.2, 0) is 12.8 Å². The Morgan fingerprint density at radius 2 is 1.88 bits per heavy atom. The van der Waals surface area contributed by atoms with E-state index in [1.54, 1.807) is 6.20 Å². The molecule has 0 aliphatic heterocycles. The van der Waals surface area contributed by atoms with Crippen LogP contribution in [0.2, 0.25) is 0 Å². The molecular weight excluding hydrogens is 210 g/mol. The van der Waals surface area contributed by atoms with Gasteiger partial charge in [0, 0.05) is 18.4 Å². The van der Waals surface area contributed by atoms with Gasteiger partial charge in [0.15, 0.2) is 0 Å². The molecule has 0 aliphatic carbocycles. The number of aliphatic hydroxyl groups is 1. The van der Waals surface area contributed by atoms with Crippen LogP contribution in [-0.4, -0.2) is 16.7 Å². The van der Waals surface area contributed by atoms with E-state index in [0.29, 0.717) is 6.42 Å². The zero-order valence-corrected chi connectivity index (χ0v) is 10.1. The Morgan fingerprint density at radius 1 is 1.12 bits per heavy atom. The van der Waals surface area contributed by atoms with Crippen molar-refractivity contribution in [3.63, 3.8) is 0 Å². The zero-order valence-electron chi connectivity index (χ0n) is 10.1. The van der Waals surface area contributed by atoms with E-state index in [0.717, 1.165) is 23.2 Å². The molecule has 2 aromatic rings. The van der Waals surface area contributed by atoms with Gasteiger partial charge in [-0.25, -0.2) is 0 Å². The molecule has 0 saturated heterocycles. The van der Waals surface area contributed by atoms with Gasteiger partial charge in [0.05, 0.1) is 5.69 Å². The first-order valence-electron chi connectivity index (χ1n) is 5.99. The molecule has 2 rings (SSSR count). The second-order valence-electron chi connectivity index (χ2n) is 4.04. The normalized spacial score (nSPS) is 10.5. The molecule has 88 valence electrons. The van der Waals surface area contributed by atoms with Crippen LogP contribution in [0.3, 0.4) is 0 Å². The van der Waals surface area contributed by atoms with E-state index in [1.807, 2.05) is 12.1 Å². The Labute approximate surface area is 102 Å². The lowest BCUT2D eigenvalue weighted by molar-refractivity contribution is 0.299. The molecule has 0 fully saturated rings. The number of hydrogen-bond donors (Lipinski definition) is 1. The van der Waals surface area contributed by atoms with Crippen molar-refractivity contribution in [2.45, 2.75) is 19.8 Å². The van der Waals surface area contributed by atoms with Gasteiger partial charge in [-0.2, -0.15) is 0 Å². The Bertz CT molecular complexity index is 477. The maximum Gasteiger partial charge on any atom is 0.0734 e. The van der Waals surface area contributed by atoms with Crippen LogP contribution in [0.4, 0.5) is 0 Å². The van der Waals surface area contributed by atoms with Crippen LogP contribution in [0.5, 0.6) is 0 Å².